The largest absolute Gasteiger partial charge is 0.457 e. The first kappa shape index (κ1) is 23.7. The van der Waals surface area contributed by atoms with E-state index in [1.165, 1.54) is 11.1 Å². The zero-order chi connectivity index (χ0) is 25.3. The number of aromatic nitrogens is 5. The maximum Gasteiger partial charge on any atom is 0.227 e. The molecule has 0 fully saturated rings. The lowest BCUT2D eigenvalue weighted by Crippen LogP contribution is -2.28. The van der Waals surface area contributed by atoms with E-state index >= 15 is 0 Å². The molecule has 0 radical (unpaired) electrons. The number of hydrogen-bond donors (Lipinski definition) is 1. The number of ether oxygens (including phenoxy) is 1. The third kappa shape index (κ3) is 5.12. The second-order valence-electron chi connectivity index (χ2n) is 10.3. The summed E-state index contributed by atoms with van der Waals surface area (Å²) in [5, 5.41) is 14.7. The molecule has 2 heterocycles. The van der Waals surface area contributed by atoms with Crippen molar-refractivity contribution >= 4 is 11.6 Å². The van der Waals surface area contributed by atoms with Crippen LogP contribution >= 0.6 is 0 Å². The molecule has 0 saturated carbocycles. The van der Waals surface area contributed by atoms with Crippen molar-refractivity contribution in [3.05, 3.63) is 77.5 Å². The molecule has 1 amide bonds. The second kappa shape index (κ2) is 9.53. The lowest BCUT2D eigenvalue weighted by atomic mass is 9.83. The highest BCUT2D eigenvalue weighted by molar-refractivity contribution is 5.93. The molecule has 5 rings (SSSR count). The van der Waals surface area contributed by atoms with E-state index in [0.29, 0.717) is 23.7 Å². The number of tetrazole rings is 1. The van der Waals surface area contributed by atoms with Gasteiger partial charge in [0.1, 0.15) is 17.2 Å². The van der Waals surface area contributed by atoms with Gasteiger partial charge in [0.05, 0.1) is 0 Å². The van der Waals surface area contributed by atoms with Crippen molar-refractivity contribution in [2.24, 2.45) is 13.0 Å². The molecule has 1 aliphatic carbocycles. The van der Waals surface area contributed by atoms with E-state index in [0.717, 1.165) is 29.8 Å². The molecule has 0 bridgehead atoms. The monoisotopic (exact) mass is 482 g/mol. The Morgan fingerprint density at radius 2 is 1.89 bits per heavy atom. The summed E-state index contributed by atoms with van der Waals surface area (Å²) in [6.45, 7) is 6.52. The van der Waals surface area contributed by atoms with Gasteiger partial charge in [-0.2, -0.15) is 0 Å². The van der Waals surface area contributed by atoms with Crippen LogP contribution in [0.25, 0.3) is 11.5 Å². The molecule has 0 aliphatic heterocycles. The lowest BCUT2D eigenvalue weighted by molar-refractivity contribution is -0.120. The minimum Gasteiger partial charge on any atom is -0.457 e. The van der Waals surface area contributed by atoms with Gasteiger partial charge in [-0.05, 0) is 82.1 Å². The Kier molecular flexibility index (Phi) is 6.26. The van der Waals surface area contributed by atoms with Crippen LogP contribution < -0.4 is 10.1 Å². The highest BCUT2D eigenvalue weighted by Gasteiger charge is 2.25. The second-order valence-corrected chi connectivity index (χ2v) is 10.3. The molecule has 4 aromatic rings. The fraction of sp³-hybridized carbons (Fsp3) is 0.321. The Morgan fingerprint density at radius 3 is 2.67 bits per heavy atom. The SMILES string of the molecule is Cn1nnnc1-c1cc(Oc2ccc3c(c2)CC(C(=O)Nc2cccc(C(C)(C)C)c2)CC3)ccn1. The summed E-state index contributed by atoms with van der Waals surface area (Å²) in [6, 6.07) is 17.9. The number of fused-ring (bicyclic) bond motifs is 1. The number of anilines is 1. The molecule has 8 heteroatoms. The van der Waals surface area contributed by atoms with Crippen molar-refractivity contribution in [2.75, 3.05) is 5.32 Å². The summed E-state index contributed by atoms with van der Waals surface area (Å²) in [5.41, 5.74) is 5.12. The van der Waals surface area contributed by atoms with Crippen molar-refractivity contribution in [1.29, 1.82) is 0 Å². The number of nitrogens with zero attached hydrogens (tertiary/aromatic N) is 5. The van der Waals surface area contributed by atoms with E-state index in [1.807, 2.05) is 30.3 Å². The van der Waals surface area contributed by atoms with Gasteiger partial charge < -0.3 is 10.1 Å². The minimum absolute atomic E-state index is 0.0294. The normalized spacial score (nSPS) is 15.3. The van der Waals surface area contributed by atoms with E-state index in [9.17, 15) is 4.79 Å². The van der Waals surface area contributed by atoms with Crippen LogP contribution in [0.3, 0.4) is 0 Å². The van der Waals surface area contributed by atoms with E-state index in [4.69, 9.17) is 4.74 Å². The zero-order valence-electron chi connectivity index (χ0n) is 21.0. The highest BCUT2D eigenvalue weighted by Crippen LogP contribution is 2.32. The summed E-state index contributed by atoms with van der Waals surface area (Å²) < 4.78 is 7.71. The average molecular weight is 483 g/mol. The van der Waals surface area contributed by atoms with E-state index < -0.39 is 0 Å². The molecule has 1 atom stereocenters. The maximum absolute atomic E-state index is 13.1. The van der Waals surface area contributed by atoms with Crippen LogP contribution in [0.4, 0.5) is 5.69 Å². The number of rotatable bonds is 5. The van der Waals surface area contributed by atoms with Gasteiger partial charge in [0.25, 0.3) is 0 Å². The third-order valence-electron chi connectivity index (χ3n) is 6.59. The van der Waals surface area contributed by atoms with Crippen LogP contribution in [0.2, 0.25) is 0 Å². The molecule has 0 saturated heterocycles. The fourth-order valence-corrected chi connectivity index (χ4v) is 4.51. The van der Waals surface area contributed by atoms with Crippen molar-refractivity contribution < 1.29 is 9.53 Å². The Hall–Kier alpha value is -4.07. The first-order valence-corrected chi connectivity index (χ1v) is 12.2. The van der Waals surface area contributed by atoms with E-state index in [-0.39, 0.29) is 17.2 Å². The number of carbonyl (C=O) groups excluding carboxylic acids is 1. The topological polar surface area (TPSA) is 94.8 Å². The van der Waals surface area contributed by atoms with Crippen molar-refractivity contribution in [3.63, 3.8) is 0 Å². The molecule has 1 unspecified atom stereocenters. The van der Waals surface area contributed by atoms with Gasteiger partial charge in [0, 0.05) is 30.9 Å². The summed E-state index contributed by atoms with van der Waals surface area (Å²) in [4.78, 5) is 17.5. The standard InChI is InChI=1S/C28H30N6O2/c1-28(2,3)21-6-5-7-22(16-21)30-27(35)19-9-8-18-10-11-23(15-20(18)14-19)36-24-12-13-29-25(17-24)26-31-32-33-34(26)4/h5-7,10-13,15-17,19H,8-9,14H2,1-4H3,(H,30,35). The number of carbonyl (C=O) groups is 1. The van der Waals surface area contributed by atoms with Gasteiger partial charge in [0.2, 0.25) is 11.7 Å². The molecule has 1 aliphatic rings. The van der Waals surface area contributed by atoms with Crippen molar-refractivity contribution in [2.45, 2.75) is 45.4 Å². The Balaban J connectivity index is 1.29. The molecule has 184 valence electrons. The zero-order valence-corrected chi connectivity index (χ0v) is 21.0. The van der Waals surface area contributed by atoms with Gasteiger partial charge >= 0.3 is 0 Å². The Bertz CT molecular complexity index is 1410. The predicted octanol–water partition coefficient (Wildman–Crippen LogP) is 5.11. The molecule has 0 spiro atoms. The quantitative estimate of drug-likeness (QED) is 0.425. The Labute approximate surface area is 210 Å². The van der Waals surface area contributed by atoms with Gasteiger partial charge in [-0.1, -0.05) is 39.0 Å². The van der Waals surface area contributed by atoms with Gasteiger partial charge in [-0.3, -0.25) is 9.78 Å². The maximum atomic E-state index is 13.1. The molecular formula is C28H30N6O2. The first-order chi connectivity index (χ1) is 17.3. The summed E-state index contributed by atoms with van der Waals surface area (Å²) >= 11 is 0. The van der Waals surface area contributed by atoms with Crippen LogP contribution in [0, 0.1) is 5.92 Å². The first-order valence-electron chi connectivity index (χ1n) is 12.2. The van der Waals surface area contributed by atoms with Crippen molar-refractivity contribution in [3.8, 4) is 23.0 Å². The van der Waals surface area contributed by atoms with Crippen LogP contribution in [0.5, 0.6) is 11.5 Å². The molecule has 1 N–H and O–H groups in total. The van der Waals surface area contributed by atoms with E-state index in [2.05, 4.69) is 64.8 Å². The summed E-state index contributed by atoms with van der Waals surface area (Å²) in [6.07, 6.45) is 4.06. The number of hydrogen-bond acceptors (Lipinski definition) is 6. The minimum atomic E-state index is -0.0815. The van der Waals surface area contributed by atoms with Crippen LogP contribution in [-0.4, -0.2) is 31.1 Å². The van der Waals surface area contributed by atoms with Gasteiger partial charge in [0.15, 0.2) is 0 Å². The lowest BCUT2D eigenvalue weighted by Gasteiger charge is -2.25. The van der Waals surface area contributed by atoms with E-state index in [1.54, 1.807) is 24.0 Å². The molecule has 2 aromatic heterocycles. The number of aryl methyl sites for hydroxylation is 2. The number of benzene rings is 2. The molecule has 36 heavy (non-hydrogen) atoms. The molecule has 2 aromatic carbocycles. The summed E-state index contributed by atoms with van der Waals surface area (Å²) in [5.74, 6) is 1.91. The highest BCUT2D eigenvalue weighted by atomic mass is 16.5. The molecular weight excluding hydrogens is 452 g/mol. The van der Waals surface area contributed by atoms with Crippen LogP contribution in [0.15, 0.2) is 60.8 Å². The van der Waals surface area contributed by atoms with Gasteiger partial charge in [-0.15, -0.1) is 5.10 Å². The Morgan fingerprint density at radius 1 is 1.06 bits per heavy atom. The molecule has 8 nitrogen and oxygen atoms in total. The van der Waals surface area contributed by atoms with Crippen molar-refractivity contribution in [1.82, 2.24) is 25.2 Å². The fourth-order valence-electron chi connectivity index (χ4n) is 4.51. The smallest absolute Gasteiger partial charge is 0.227 e. The van der Waals surface area contributed by atoms with Crippen LogP contribution in [-0.2, 0) is 30.1 Å². The van der Waals surface area contributed by atoms with Crippen LogP contribution in [0.1, 0.15) is 43.9 Å². The predicted molar refractivity (Wildman–Crippen MR) is 138 cm³/mol. The number of nitrogens with one attached hydrogen (secondary N) is 1. The number of amides is 1. The average Bonchev–Trinajstić information content (AvgIpc) is 3.29. The summed E-state index contributed by atoms with van der Waals surface area (Å²) in [7, 11) is 1.77. The number of pyridine rings is 1. The van der Waals surface area contributed by atoms with Gasteiger partial charge in [-0.25, -0.2) is 4.68 Å². The third-order valence-corrected chi connectivity index (χ3v) is 6.59.